The molecule has 4 heteroatoms. The molecule has 2 unspecified atom stereocenters. The summed E-state index contributed by atoms with van der Waals surface area (Å²) < 4.78 is 13.4. The molecule has 0 aliphatic carbocycles. The molecule has 4 nitrogen and oxygen atoms in total. The summed E-state index contributed by atoms with van der Waals surface area (Å²) >= 11 is 0. The lowest BCUT2D eigenvalue weighted by atomic mass is 10.0. The van der Waals surface area contributed by atoms with E-state index >= 15 is 0 Å². The Labute approximate surface area is 279 Å². The van der Waals surface area contributed by atoms with Gasteiger partial charge in [0.2, 0.25) is 0 Å². The number of rotatable bonds is 37. The first kappa shape index (κ1) is 43.8. The van der Waals surface area contributed by atoms with E-state index in [2.05, 4.69) is 34.9 Å². The highest BCUT2D eigenvalue weighted by molar-refractivity contribution is 4.60. The maximum absolute atomic E-state index is 6.45. The van der Waals surface area contributed by atoms with Crippen LogP contribution in [0.25, 0.3) is 0 Å². The lowest BCUT2D eigenvalue weighted by Gasteiger charge is -2.37. The molecule has 0 spiro atoms. The average Bonchev–Trinajstić information content (AvgIpc) is 3.01. The van der Waals surface area contributed by atoms with Gasteiger partial charge in [-0.25, -0.2) is 0 Å². The molecular formula is C40H85N2O2+. The molecule has 0 aliphatic heterocycles. The number of hydrogen-bond donors (Lipinski definition) is 1. The van der Waals surface area contributed by atoms with Crippen molar-refractivity contribution in [1.82, 2.24) is 0 Å². The van der Waals surface area contributed by atoms with Crippen LogP contribution in [0.1, 0.15) is 207 Å². The summed E-state index contributed by atoms with van der Waals surface area (Å²) in [5, 5.41) is 0. The molecule has 0 aromatic carbocycles. The fourth-order valence-corrected chi connectivity index (χ4v) is 6.47. The predicted octanol–water partition coefficient (Wildman–Crippen LogP) is 12.1. The molecule has 2 N–H and O–H groups in total. The van der Waals surface area contributed by atoms with E-state index in [1.807, 2.05) is 0 Å². The first-order valence-electron chi connectivity index (χ1n) is 20.2. The second-order valence-electron chi connectivity index (χ2n) is 14.7. The van der Waals surface area contributed by atoms with E-state index in [0.717, 1.165) is 30.7 Å². The first-order chi connectivity index (χ1) is 21.5. The van der Waals surface area contributed by atoms with Crippen molar-refractivity contribution >= 4 is 0 Å². The van der Waals surface area contributed by atoms with E-state index in [1.54, 1.807) is 0 Å². The van der Waals surface area contributed by atoms with Crippen molar-refractivity contribution in [2.45, 2.75) is 219 Å². The van der Waals surface area contributed by atoms with Crippen LogP contribution in [0.3, 0.4) is 0 Å². The van der Waals surface area contributed by atoms with Crippen LogP contribution in [0.15, 0.2) is 0 Å². The molecule has 0 aliphatic rings. The quantitative estimate of drug-likeness (QED) is 0.0424. The van der Waals surface area contributed by atoms with Gasteiger partial charge < -0.3 is 14.0 Å². The Bertz CT molecular complexity index is 541. The van der Waals surface area contributed by atoms with Crippen molar-refractivity contribution in [3.05, 3.63) is 0 Å². The molecule has 0 radical (unpaired) electrons. The third-order valence-corrected chi connectivity index (χ3v) is 9.79. The van der Waals surface area contributed by atoms with Crippen molar-refractivity contribution in [2.75, 3.05) is 40.5 Å². The highest BCUT2D eigenvalue weighted by atomic mass is 16.5. The minimum Gasteiger partial charge on any atom is -0.379 e. The Balaban J connectivity index is 3.87. The summed E-state index contributed by atoms with van der Waals surface area (Å²) in [4.78, 5) is 0. The highest BCUT2D eigenvalue weighted by Gasteiger charge is 2.28. The maximum Gasteiger partial charge on any atom is 0.139 e. The molecule has 0 heterocycles. The molecule has 0 amide bonds. The summed E-state index contributed by atoms with van der Waals surface area (Å²) in [5.74, 6) is 0. The van der Waals surface area contributed by atoms with Gasteiger partial charge in [0.1, 0.15) is 18.8 Å². The van der Waals surface area contributed by atoms with E-state index in [9.17, 15) is 0 Å². The predicted molar refractivity (Wildman–Crippen MR) is 196 cm³/mol. The summed E-state index contributed by atoms with van der Waals surface area (Å²) in [6.45, 7) is 10.1. The fraction of sp³-hybridized carbons (Fsp3) is 1.00. The van der Waals surface area contributed by atoms with Gasteiger partial charge in [-0.1, -0.05) is 188 Å². The number of quaternary nitrogens is 1. The summed E-state index contributed by atoms with van der Waals surface area (Å²) in [7, 11) is 4.48. The summed E-state index contributed by atoms with van der Waals surface area (Å²) in [6.07, 6.45) is 40.2. The van der Waals surface area contributed by atoms with Gasteiger partial charge in [-0.05, 0) is 12.8 Å². The molecule has 2 atom stereocenters. The van der Waals surface area contributed by atoms with Crippen molar-refractivity contribution in [3.8, 4) is 0 Å². The number of nitrogens with two attached hydrogens (primary N) is 1. The van der Waals surface area contributed by atoms with Gasteiger partial charge in [0.05, 0.1) is 20.7 Å². The van der Waals surface area contributed by atoms with Crippen LogP contribution in [0, 0.1) is 0 Å². The molecule has 0 rings (SSSR count). The van der Waals surface area contributed by atoms with Crippen LogP contribution >= 0.6 is 0 Å². The Hall–Kier alpha value is -0.160. The SMILES string of the molecule is CCCCCCCCCCCCCCCCOCC(C[N+](C)(C)C(N)CC)OCCCCCCCCCCCCCCCC. The number of ether oxygens (including phenoxy) is 2. The molecule has 0 fully saturated rings. The number of hydrogen-bond acceptors (Lipinski definition) is 3. The molecular weight excluding hydrogens is 540 g/mol. The van der Waals surface area contributed by atoms with Gasteiger partial charge in [0, 0.05) is 19.6 Å². The maximum atomic E-state index is 6.45. The standard InChI is InChI=1S/C40H85N2O2/c1-6-9-11-13-15-17-19-21-23-25-27-29-31-33-35-43-38-39(37-42(4,5)40(41)8-3)44-36-34-32-30-28-26-24-22-20-18-16-14-12-10-7-2/h39-40H,6-38,41H2,1-5H3/q+1. The van der Waals surface area contributed by atoms with Crippen molar-refractivity contribution in [2.24, 2.45) is 5.73 Å². The Morgan fingerprint density at radius 1 is 0.455 bits per heavy atom. The van der Waals surface area contributed by atoms with Gasteiger partial charge >= 0.3 is 0 Å². The van der Waals surface area contributed by atoms with Crippen LogP contribution in [0.5, 0.6) is 0 Å². The fourth-order valence-electron chi connectivity index (χ4n) is 6.47. The van der Waals surface area contributed by atoms with Crippen LogP contribution in [-0.2, 0) is 9.47 Å². The third-order valence-electron chi connectivity index (χ3n) is 9.79. The highest BCUT2D eigenvalue weighted by Crippen LogP contribution is 2.15. The third kappa shape index (κ3) is 30.5. The smallest absolute Gasteiger partial charge is 0.139 e. The number of unbranched alkanes of at least 4 members (excludes halogenated alkanes) is 26. The zero-order chi connectivity index (χ0) is 32.4. The van der Waals surface area contributed by atoms with Crippen LogP contribution in [0.2, 0.25) is 0 Å². The zero-order valence-corrected chi connectivity index (χ0v) is 31.3. The molecule has 0 bridgehead atoms. The van der Waals surface area contributed by atoms with E-state index in [4.69, 9.17) is 15.2 Å². The average molecular weight is 626 g/mol. The number of likely N-dealkylation sites (N-methyl/N-ethyl adjacent to an activating group) is 1. The van der Waals surface area contributed by atoms with Gasteiger partial charge in [0.15, 0.2) is 0 Å². The van der Waals surface area contributed by atoms with Crippen molar-refractivity contribution < 1.29 is 14.0 Å². The summed E-state index contributed by atoms with van der Waals surface area (Å²) in [5.41, 5.74) is 6.45. The van der Waals surface area contributed by atoms with Gasteiger partial charge in [0.25, 0.3) is 0 Å². The van der Waals surface area contributed by atoms with Crippen LogP contribution < -0.4 is 5.73 Å². The molecule has 266 valence electrons. The second kappa shape index (κ2) is 34.2. The second-order valence-corrected chi connectivity index (χ2v) is 14.7. The monoisotopic (exact) mass is 626 g/mol. The van der Waals surface area contributed by atoms with Gasteiger partial charge in [-0.15, -0.1) is 0 Å². The van der Waals surface area contributed by atoms with E-state index in [-0.39, 0.29) is 12.3 Å². The molecule has 0 saturated heterocycles. The van der Waals surface area contributed by atoms with E-state index < -0.39 is 0 Å². The molecule has 0 aromatic heterocycles. The minimum absolute atomic E-state index is 0.135. The lowest BCUT2D eigenvalue weighted by Crippen LogP contribution is -2.57. The molecule has 44 heavy (non-hydrogen) atoms. The van der Waals surface area contributed by atoms with Gasteiger partial charge in [-0.3, -0.25) is 5.73 Å². The Morgan fingerprint density at radius 2 is 0.773 bits per heavy atom. The van der Waals surface area contributed by atoms with E-state index in [0.29, 0.717) is 6.61 Å². The van der Waals surface area contributed by atoms with Gasteiger partial charge in [-0.2, -0.15) is 0 Å². The van der Waals surface area contributed by atoms with E-state index in [1.165, 1.54) is 180 Å². The number of nitrogens with zero attached hydrogens (tertiary/aromatic N) is 1. The molecule has 0 saturated carbocycles. The van der Waals surface area contributed by atoms with Crippen molar-refractivity contribution in [1.29, 1.82) is 0 Å². The topological polar surface area (TPSA) is 44.5 Å². The first-order valence-corrected chi connectivity index (χ1v) is 20.2. The lowest BCUT2D eigenvalue weighted by molar-refractivity contribution is -0.918. The minimum atomic E-state index is 0.135. The Kier molecular flexibility index (Phi) is 34.1. The normalized spacial score (nSPS) is 13.5. The summed E-state index contributed by atoms with van der Waals surface area (Å²) in [6, 6.07) is 0. The largest absolute Gasteiger partial charge is 0.379 e. The molecule has 0 aromatic rings. The van der Waals surface area contributed by atoms with Crippen LogP contribution in [0.4, 0.5) is 0 Å². The van der Waals surface area contributed by atoms with Crippen LogP contribution in [-0.4, -0.2) is 57.2 Å². The van der Waals surface area contributed by atoms with Crippen molar-refractivity contribution in [3.63, 3.8) is 0 Å². The zero-order valence-electron chi connectivity index (χ0n) is 31.3. The Morgan fingerprint density at radius 3 is 1.11 bits per heavy atom.